The first kappa shape index (κ1) is 19.5. The number of carboxylic acid groups (broad SMARTS) is 1. The summed E-state index contributed by atoms with van der Waals surface area (Å²) in [5.41, 5.74) is 0.830. The molecular weight excluding hydrogens is 312 g/mol. The summed E-state index contributed by atoms with van der Waals surface area (Å²) in [6.07, 6.45) is -0.0827. The van der Waals surface area contributed by atoms with Crippen LogP contribution in [0.25, 0.3) is 0 Å². The van der Waals surface area contributed by atoms with Gasteiger partial charge >= 0.3 is 12.1 Å². The van der Waals surface area contributed by atoms with E-state index in [2.05, 4.69) is 10.6 Å². The number of hydrogen-bond donors (Lipinski definition) is 3. The molecule has 0 heterocycles. The van der Waals surface area contributed by atoms with Crippen molar-refractivity contribution >= 4 is 18.0 Å². The number of rotatable bonds is 8. The molecule has 0 saturated carbocycles. The summed E-state index contributed by atoms with van der Waals surface area (Å²) >= 11 is 0. The van der Waals surface area contributed by atoms with Crippen molar-refractivity contribution in [3.63, 3.8) is 0 Å². The molecule has 0 spiro atoms. The average Bonchev–Trinajstić information content (AvgIpc) is 2.57. The highest BCUT2D eigenvalue weighted by Gasteiger charge is 2.28. The Morgan fingerprint density at radius 1 is 1.12 bits per heavy atom. The highest BCUT2D eigenvalue weighted by atomic mass is 16.5. The van der Waals surface area contributed by atoms with Crippen molar-refractivity contribution in [2.45, 2.75) is 45.9 Å². The first-order valence-electron chi connectivity index (χ1n) is 7.85. The van der Waals surface area contributed by atoms with Crippen LogP contribution >= 0.6 is 0 Å². The molecule has 1 aromatic carbocycles. The van der Waals surface area contributed by atoms with E-state index in [4.69, 9.17) is 9.84 Å². The van der Waals surface area contributed by atoms with Gasteiger partial charge in [-0.05, 0) is 18.4 Å². The fourth-order valence-electron chi connectivity index (χ4n) is 1.96. The van der Waals surface area contributed by atoms with Crippen LogP contribution in [0.4, 0.5) is 4.79 Å². The van der Waals surface area contributed by atoms with Gasteiger partial charge in [0.2, 0.25) is 5.91 Å². The van der Waals surface area contributed by atoms with Crippen LogP contribution in [-0.2, 0) is 20.9 Å². The number of ether oxygens (including phenoxy) is 1. The van der Waals surface area contributed by atoms with Crippen molar-refractivity contribution in [3.05, 3.63) is 35.9 Å². The normalized spacial score (nSPS) is 14.1. The molecule has 0 aromatic heterocycles. The zero-order valence-electron chi connectivity index (χ0n) is 14.1. The Balaban J connectivity index is 2.63. The van der Waals surface area contributed by atoms with E-state index in [-0.39, 0.29) is 12.5 Å². The number of amides is 2. The molecule has 0 aliphatic carbocycles. The van der Waals surface area contributed by atoms with E-state index >= 15 is 0 Å². The van der Waals surface area contributed by atoms with Crippen molar-refractivity contribution in [2.24, 2.45) is 5.92 Å². The maximum absolute atomic E-state index is 12.2. The van der Waals surface area contributed by atoms with Crippen LogP contribution in [0.1, 0.15) is 32.8 Å². The SMILES string of the molecule is CC[C@H](C)[C@@H](NC(=O)OCc1ccccc1)C(=O)N[C@H](C)C(=O)O. The molecule has 0 aliphatic heterocycles. The standard InChI is InChI=1S/C17H24N2O5/c1-4-11(2)14(15(20)18-12(3)16(21)22)19-17(23)24-10-13-8-6-5-7-9-13/h5-9,11-12,14H,4,10H2,1-3H3,(H,18,20)(H,19,23)(H,21,22)/t11-,12+,14+/m0/s1. The molecule has 0 fully saturated rings. The quantitative estimate of drug-likeness (QED) is 0.673. The number of hydrogen-bond acceptors (Lipinski definition) is 4. The molecule has 0 unspecified atom stereocenters. The second-order valence-corrected chi connectivity index (χ2v) is 5.64. The fourth-order valence-corrected chi connectivity index (χ4v) is 1.96. The number of benzene rings is 1. The number of carbonyl (C=O) groups is 3. The molecule has 3 N–H and O–H groups in total. The van der Waals surface area contributed by atoms with Crippen LogP contribution in [-0.4, -0.2) is 35.2 Å². The molecule has 1 aromatic rings. The van der Waals surface area contributed by atoms with Crippen molar-refractivity contribution in [3.8, 4) is 0 Å². The zero-order chi connectivity index (χ0) is 18.1. The Morgan fingerprint density at radius 3 is 2.29 bits per heavy atom. The molecule has 7 nitrogen and oxygen atoms in total. The van der Waals surface area contributed by atoms with E-state index in [0.29, 0.717) is 6.42 Å². The topological polar surface area (TPSA) is 105 Å². The van der Waals surface area contributed by atoms with Gasteiger partial charge in [-0.2, -0.15) is 0 Å². The maximum Gasteiger partial charge on any atom is 0.408 e. The van der Waals surface area contributed by atoms with Gasteiger partial charge in [-0.3, -0.25) is 9.59 Å². The minimum absolute atomic E-state index is 0.0903. The minimum atomic E-state index is -1.14. The van der Waals surface area contributed by atoms with Crippen LogP contribution in [0.5, 0.6) is 0 Å². The summed E-state index contributed by atoms with van der Waals surface area (Å²) in [6, 6.07) is 7.27. The van der Waals surface area contributed by atoms with E-state index in [1.165, 1.54) is 6.92 Å². The predicted molar refractivity (Wildman–Crippen MR) is 88.2 cm³/mol. The van der Waals surface area contributed by atoms with Gasteiger partial charge in [0.25, 0.3) is 0 Å². The summed E-state index contributed by atoms with van der Waals surface area (Å²) in [5.74, 6) is -1.86. The Kier molecular flexibility index (Phi) is 7.74. The van der Waals surface area contributed by atoms with Crippen molar-refractivity contribution in [2.75, 3.05) is 0 Å². The number of nitrogens with one attached hydrogen (secondary N) is 2. The smallest absolute Gasteiger partial charge is 0.408 e. The van der Waals surface area contributed by atoms with Crippen LogP contribution in [0.15, 0.2) is 30.3 Å². The van der Waals surface area contributed by atoms with Crippen LogP contribution in [0.3, 0.4) is 0 Å². The second kappa shape index (κ2) is 9.54. The van der Waals surface area contributed by atoms with E-state index in [9.17, 15) is 14.4 Å². The summed E-state index contributed by atoms with van der Waals surface area (Å²) in [5, 5.41) is 13.8. The third kappa shape index (κ3) is 6.28. The maximum atomic E-state index is 12.2. The lowest BCUT2D eigenvalue weighted by Gasteiger charge is -2.24. The molecule has 0 aliphatic rings. The molecule has 0 radical (unpaired) electrons. The van der Waals surface area contributed by atoms with Crippen LogP contribution in [0, 0.1) is 5.92 Å². The van der Waals surface area contributed by atoms with Crippen LogP contribution < -0.4 is 10.6 Å². The second-order valence-electron chi connectivity index (χ2n) is 5.64. The lowest BCUT2D eigenvalue weighted by atomic mass is 9.98. The van der Waals surface area contributed by atoms with Crippen LogP contribution in [0.2, 0.25) is 0 Å². The van der Waals surface area contributed by atoms with Gasteiger partial charge < -0.3 is 20.5 Å². The number of aliphatic carboxylic acids is 1. The lowest BCUT2D eigenvalue weighted by molar-refractivity contribution is -0.141. The Hall–Kier alpha value is -2.57. The van der Waals surface area contributed by atoms with Gasteiger partial charge in [0.1, 0.15) is 18.7 Å². The van der Waals surface area contributed by atoms with Gasteiger partial charge in [-0.25, -0.2) is 4.79 Å². The number of alkyl carbamates (subject to hydrolysis) is 1. The zero-order valence-corrected chi connectivity index (χ0v) is 14.1. The van der Waals surface area contributed by atoms with Gasteiger partial charge in [0, 0.05) is 0 Å². The van der Waals surface area contributed by atoms with E-state index in [0.717, 1.165) is 5.56 Å². The Morgan fingerprint density at radius 2 is 1.75 bits per heavy atom. The molecule has 1 rings (SSSR count). The van der Waals surface area contributed by atoms with E-state index < -0.39 is 30.1 Å². The molecule has 0 saturated heterocycles. The minimum Gasteiger partial charge on any atom is -0.480 e. The lowest BCUT2D eigenvalue weighted by Crippen LogP contribution is -2.53. The predicted octanol–water partition coefficient (Wildman–Crippen LogP) is 1.92. The highest BCUT2D eigenvalue weighted by molar-refractivity contribution is 5.89. The average molecular weight is 336 g/mol. The third-order valence-corrected chi connectivity index (χ3v) is 3.71. The molecule has 3 atom stereocenters. The first-order chi connectivity index (χ1) is 11.3. The largest absolute Gasteiger partial charge is 0.480 e. The Labute approximate surface area is 141 Å². The van der Waals surface area contributed by atoms with Crippen molar-refractivity contribution < 1.29 is 24.2 Å². The van der Waals surface area contributed by atoms with Crippen molar-refractivity contribution in [1.29, 1.82) is 0 Å². The van der Waals surface area contributed by atoms with Gasteiger partial charge in [0.15, 0.2) is 0 Å². The molecule has 7 heteroatoms. The summed E-state index contributed by atoms with van der Waals surface area (Å²) in [6.45, 7) is 5.13. The van der Waals surface area contributed by atoms with E-state index in [1.807, 2.05) is 37.3 Å². The molecule has 132 valence electrons. The van der Waals surface area contributed by atoms with Crippen molar-refractivity contribution in [1.82, 2.24) is 10.6 Å². The number of carbonyl (C=O) groups excluding carboxylic acids is 2. The summed E-state index contributed by atoms with van der Waals surface area (Å²) in [7, 11) is 0. The molecular formula is C17H24N2O5. The summed E-state index contributed by atoms with van der Waals surface area (Å²) < 4.78 is 5.11. The monoisotopic (exact) mass is 336 g/mol. The number of carboxylic acids is 1. The van der Waals surface area contributed by atoms with Gasteiger partial charge in [0.05, 0.1) is 0 Å². The first-order valence-corrected chi connectivity index (χ1v) is 7.85. The van der Waals surface area contributed by atoms with E-state index in [1.54, 1.807) is 6.92 Å². The fraction of sp³-hybridized carbons (Fsp3) is 0.471. The van der Waals surface area contributed by atoms with Gasteiger partial charge in [-0.15, -0.1) is 0 Å². The molecule has 0 bridgehead atoms. The molecule has 24 heavy (non-hydrogen) atoms. The third-order valence-electron chi connectivity index (χ3n) is 3.71. The highest BCUT2D eigenvalue weighted by Crippen LogP contribution is 2.09. The van der Waals surface area contributed by atoms with Gasteiger partial charge in [-0.1, -0.05) is 50.6 Å². The Bertz CT molecular complexity index is 561. The summed E-state index contributed by atoms with van der Waals surface area (Å²) in [4.78, 5) is 35.0. The molecule has 2 amide bonds.